The molecule has 0 aliphatic heterocycles. The highest BCUT2D eigenvalue weighted by Crippen LogP contribution is 2.27. The molecule has 4 amide bonds. The highest BCUT2D eigenvalue weighted by atomic mass is 32.2. The van der Waals surface area contributed by atoms with E-state index >= 15 is 0 Å². The van der Waals surface area contributed by atoms with Crippen LogP contribution < -0.4 is 39.9 Å². The molecule has 7 aromatic rings. The van der Waals surface area contributed by atoms with Crippen LogP contribution in [-0.2, 0) is 34.3 Å². The van der Waals surface area contributed by atoms with Crippen molar-refractivity contribution in [1.29, 1.82) is 0 Å². The summed E-state index contributed by atoms with van der Waals surface area (Å²) in [5.41, 5.74) is 5.17. The minimum Gasteiger partial charge on any atom is -0.744 e. The first-order chi connectivity index (χ1) is 33.1. The van der Waals surface area contributed by atoms with Crippen molar-refractivity contribution in [2.45, 2.75) is 23.6 Å². The Morgan fingerprint density at radius 3 is 1.09 bits per heavy atom. The van der Waals surface area contributed by atoms with Gasteiger partial charge in [0, 0.05) is 46.8 Å². The minimum absolute atomic E-state index is 0.178. The second-order valence-electron chi connectivity index (χ2n) is 15.3. The van der Waals surface area contributed by atoms with Crippen LogP contribution >= 0.6 is 0 Å². The summed E-state index contributed by atoms with van der Waals surface area (Å²) in [6.45, 7) is 3.64. The predicted molar refractivity (Wildman–Crippen MR) is 258 cm³/mol. The zero-order valence-corrected chi connectivity index (χ0v) is 40.3. The van der Waals surface area contributed by atoms with Crippen LogP contribution in [0.1, 0.15) is 52.6 Å². The number of rotatable bonds is 12. The maximum Gasteiger partial charge on any atom is 0.259 e. The van der Waals surface area contributed by atoms with E-state index in [2.05, 4.69) is 21.3 Å². The maximum atomic E-state index is 13.0. The van der Waals surface area contributed by atoms with E-state index < -0.39 is 32.1 Å². The molecule has 7 rings (SSSR count). The quantitative estimate of drug-likeness (QED) is 0.0793. The molecule has 70 heavy (non-hydrogen) atoms. The van der Waals surface area contributed by atoms with E-state index in [0.29, 0.717) is 45.0 Å². The lowest BCUT2D eigenvalue weighted by atomic mass is 10.1. The third kappa shape index (κ3) is 15.4. The van der Waals surface area contributed by atoms with Crippen LogP contribution in [-0.4, -0.2) is 63.8 Å². The number of aryl methyl sites for hydroxylation is 4. The van der Waals surface area contributed by atoms with E-state index in [1.807, 2.05) is 61.6 Å². The number of hydrogen-bond acceptors (Lipinski definition) is 12. The number of nitrogens with zero attached hydrogens (tertiary/aromatic N) is 2. The fourth-order valence-electron chi connectivity index (χ4n) is 6.22. The Hall–Kier alpha value is -8.30. The molecule has 20 heteroatoms. The molecule has 0 fully saturated rings. The standard InChI is InChI=1S/C36H32N6O6.2C7H8O3S/c1-41-17-5-7-27(21-41)39-35(45)29-15-13-25(19-31(29)47-3)37-33(43)23-9-11-24(12-10-23)34(44)38-26-14-16-30(32(20-26)48-4)36(46)40-28-8-6-18-42(2)22-28;2*1-6-2-4-7(5-3-6)11(8,9)10/h5-22H,1-4H3,(H2-2,37,38,39,40,43,44,45,46);2*2-5H,1H3,(H,8,9,10). The monoisotopic (exact) mass is 988 g/mol. The van der Waals surface area contributed by atoms with Gasteiger partial charge >= 0.3 is 0 Å². The lowest BCUT2D eigenvalue weighted by Crippen LogP contribution is -2.27. The summed E-state index contributed by atoms with van der Waals surface area (Å²) in [7, 11) is -1.95. The van der Waals surface area contributed by atoms with Gasteiger partial charge in [0.25, 0.3) is 23.6 Å². The topological polar surface area (TPSA) is 257 Å². The Balaban J connectivity index is 0.000000338. The number of carbonyl (C=O) groups excluding carboxylic acids is 4. The summed E-state index contributed by atoms with van der Waals surface area (Å²) < 4.78 is 76.8. The molecule has 0 spiro atoms. The van der Waals surface area contributed by atoms with Crippen molar-refractivity contribution in [1.82, 2.24) is 0 Å². The predicted octanol–water partition coefficient (Wildman–Crippen LogP) is 6.16. The van der Waals surface area contributed by atoms with Crippen molar-refractivity contribution >= 4 is 66.6 Å². The SMILES string of the molecule is COc1cc(NC(=O)c2ccc(C(=O)Nc3ccc(C(=O)Nc4ccc[n+](C)c4)c(OC)c3)cc2)ccc1C(=O)Nc1ccc[n+](C)c1.Cc1ccc(S(=O)(=O)[O-])cc1.Cc1ccc(S(=O)(=O)[O-])cc1. The summed E-state index contributed by atoms with van der Waals surface area (Å²) in [4.78, 5) is 51.3. The molecule has 18 nitrogen and oxygen atoms in total. The van der Waals surface area contributed by atoms with Gasteiger partial charge in [-0.15, -0.1) is 0 Å². The lowest BCUT2D eigenvalue weighted by Gasteiger charge is -2.12. The first-order valence-electron chi connectivity index (χ1n) is 20.8. The zero-order chi connectivity index (χ0) is 51.2. The molecule has 0 saturated carbocycles. The summed E-state index contributed by atoms with van der Waals surface area (Å²) >= 11 is 0. The first-order valence-corrected chi connectivity index (χ1v) is 23.6. The highest BCUT2D eigenvalue weighted by Gasteiger charge is 2.18. The average Bonchev–Trinajstić information content (AvgIpc) is 3.31. The maximum absolute atomic E-state index is 13.0. The van der Waals surface area contributed by atoms with Gasteiger partial charge in [-0.05, 0) is 98.8 Å². The second kappa shape index (κ2) is 23.6. The van der Waals surface area contributed by atoms with E-state index in [9.17, 15) is 45.1 Å². The number of amides is 4. The Kier molecular flexibility index (Phi) is 17.8. The van der Waals surface area contributed by atoms with Gasteiger partial charge in [-0.3, -0.25) is 19.2 Å². The van der Waals surface area contributed by atoms with Crippen molar-refractivity contribution in [3.8, 4) is 11.5 Å². The number of carbonyl (C=O) groups is 4. The fourth-order valence-corrected chi connectivity index (χ4v) is 7.16. The summed E-state index contributed by atoms with van der Waals surface area (Å²) in [6.07, 6.45) is 7.25. The van der Waals surface area contributed by atoms with E-state index in [1.54, 1.807) is 85.2 Å². The van der Waals surface area contributed by atoms with E-state index in [4.69, 9.17) is 9.47 Å². The summed E-state index contributed by atoms with van der Waals surface area (Å²) in [5, 5.41) is 11.2. The Labute approximate surface area is 405 Å². The molecule has 0 aliphatic rings. The smallest absolute Gasteiger partial charge is 0.259 e. The Morgan fingerprint density at radius 2 is 0.786 bits per heavy atom. The molecule has 5 aromatic carbocycles. The van der Waals surface area contributed by atoms with Gasteiger partial charge in [0.1, 0.15) is 57.2 Å². The third-order valence-corrected chi connectivity index (χ3v) is 11.5. The number of anilines is 4. The molecule has 0 radical (unpaired) electrons. The molecule has 0 unspecified atom stereocenters. The van der Waals surface area contributed by atoms with Crippen LogP contribution in [0.2, 0.25) is 0 Å². The molecule has 362 valence electrons. The van der Waals surface area contributed by atoms with Crippen LogP contribution in [0, 0.1) is 13.8 Å². The lowest BCUT2D eigenvalue weighted by molar-refractivity contribution is -0.670. The van der Waals surface area contributed by atoms with Crippen molar-refractivity contribution in [3.63, 3.8) is 0 Å². The van der Waals surface area contributed by atoms with E-state index in [0.717, 1.165) is 11.1 Å². The number of benzene rings is 5. The van der Waals surface area contributed by atoms with E-state index in [-0.39, 0.29) is 33.1 Å². The Morgan fingerprint density at radius 1 is 0.457 bits per heavy atom. The zero-order valence-electron chi connectivity index (χ0n) is 38.6. The number of aromatic nitrogens is 2. The largest absolute Gasteiger partial charge is 0.744 e. The molecule has 2 aromatic heterocycles. The average molecular weight is 989 g/mol. The molecule has 0 bridgehead atoms. The van der Waals surface area contributed by atoms with Gasteiger partial charge in [-0.25, -0.2) is 26.0 Å². The molecular weight excluding hydrogens is 941 g/mol. The van der Waals surface area contributed by atoms with Crippen LogP contribution in [0.4, 0.5) is 22.7 Å². The summed E-state index contributed by atoms with van der Waals surface area (Å²) in [6, 6.07) is 34.3. The number of nitrogens with one attached hydrogen (secondary N) is 4. The van der Waals surface area contributed by atoms with E-state index in [1.165, 1.54) is 62.8 Å². The van der Waals surface area contributed by atoms with Crippen LogP contribution in [0.25, 0.3) is 0 Å². The first kappa shape index (κ1) is 52.7. The van der Waals surface area contributed by atoms with Crippen molar-refractivity contribution < 1.29 is 63.7 Å². The number of hydrogen-bond donors (Lipinski definition) is 4. The molecule has 0 aliphatic carbocycles. The Bertz CT molecular complexity index is 3020. The van der Waals surface area contributed by atoms with Crippen LogP contribution in [0.3, 0.4) is 0 Å². The number of ether oxygens (including phenoxy) is 2. The van der Waals surface area contributed by atoms with Crippen LogP contribution in [0.15, 0.2) is 168 Å². The number of pyridine rings is 2. The van der Waals surface area contributed by atoms with Gasteiger partial charge in [-0.1, -0.05) is 35.4 Å². The van der Waals surface area contributed by atoms with Crippen molar-refractivity contribution in [2.75, 3.05) is 35.5 Å². The summed E-state index contributed by atoms with van der Waals surface area (Å²) in [5.74, 6) is -0.979. The molecule has 2 heterocycles. The van der Waals surface area contributed by atoms with Gasteiger partial charge in [0.05, 0.1) is 35.1 Å². The van der Waals surface area contributed by atoms with Crippen LogP contribution in [0.5, 0.6) is 11.5 Å². The molecule has 0 atom stereocenters. The van der Waals surface area contributed by atoms with Crippen molar-refractivity contribution in [2.24, 2.45) is 14.1 Å². The van der Waals surface area contributed by atoms with Gasteiger partial charge in [-0.2, -0.15) is 0 Å². The minimum atomic E-state index is -4.27. The molecule has 4 N–H and O–H groups in total. The fraction of sp³-hybridized carbons (Fsp3) is 0.120. The number of methoxy groups -OCH3 is 2. The normalized spacial score (nSPS) is 10.7. The van der Waals surface area contributed by atoms with Gasteiger partial charge in [0.15, 0.2) is 24.8 Å². The second-order valence-corrected chi connectivity index (χ2v) is 18.0. The molecular formula is C50H48N6O12S2. The molecule has 0 saturated heterocycles. The third-order valence-electron chi connectivity index (χ3n) is 9.83. The van der Waals surface area contributed by atoms with Gasteiger partial charge < -0.3 is 39.8 Å². The highest BCUT2D eigenvalue weighted by molar-refractivity contribution is 7.86. The van der Waals surface area contributed by atoms with Crippen molar-refractivity contribution in [3.05, 3.63) is 192 Å². The van der Waals surface area contributed by atoms with Gasteiger partial charge in [0.2, 0.25) is 0 Å².